The molecule has 0 aromatic carbocycles. The fourth-order valence-electron chi connectivity index (χ4n) is 2.79. The molecule has 1 aliphatic rings. The summed E-state index contributed by atoms with van der Waals surface area (Å²) in [6.45, 7) is 2.84. The molecular weight excluding hydrogens is 272 g/mol. The summed E-state index contributed by atoms with van der Waals surface area (Å²) in [5.74, 6) is -0.00931. The number of pyridine rings is 1. The summed E-state index contributed by atoms with van der Waals surface area (Å²) < 4.78 is 0. The highest BCUT2D eigenvalue weighted by Crippen LogP contribution is 2.35. The van der Waals surface area contributed by atoms with Crippen LogP contribution in [0.25, 0.3) is 0 Å². The summed E-state index contributed by atoms with van der Waals surface area (Å²) >= 11 is 1.77. The van der Waals surface area contributed by atoms with Gasteiger partial charge in [-0.15, -0.1) is 11.3 Å². The quantitative estimate of drug-likeness (QED) is 0.923. The van der Waals surface area contributed by atoms with Crippen LogP contribution in [0.1, 0.15) is 40.2 Å². The maximum atomic E-state index is 12.6. The molecule has 0 spiro atoms. The first-order valence-corrected chi connectivity index (χ1v) is 7.64. The number of hydrogen-bond acceptors (Lipinski definition) is 3. The number of hydrogen-bond donors (Lipinski definition) is 1. The normalized spacial score (nSPS) is 17.9. The number of aromatic amines is 1. The average molecular weight is 288 g/mol. The molecule has 1 atom stereocenters. The summed E-state index contributed by atoms with van der Waals surface area (Å²) in [6.07, 6.45) is 3.32. The minimum Gasteiger partial charge on any atom is -0.331 e. The fourth-order valence-corrected chi connectivity index (χ4v) is 3.72. The Bertz CT molecular complexity index is 669. The van der Waals surface area contributed by atoms with Crippen LogP contribution in [0.4, 0.5) is 0 Å². The predicted molar refractivity (Wildman–Crippen MR) is 79.2 cm³/mol. The molecule has 1 N–H and O–H groups in total. The van der Waals surface area contributed by atoms with Crippen molar-refractivity contribution in [1.82, 2.24) is 9.88 Å². The van der Waals surface area contributed by atoms with Gasteiger partial charge in [0.25, 0.3) is 5.91 Å². The number of H-pyrrole nitrogens is 1. The zero-order valence-corrected chi connectivity index (χ0v) is 12.1. The standard InChI is InChI=1S/C15H16N2O2S/c1-2-12-11-6-8-20-13(11)5-7-17(12)15(19)10-3-4-14(18)16-9-10/h3-4,6,8-9,12H,2,5,7H2,1H3,(H,16,18). The first-order chi connectivity index (χ1) is 9.70. The molecule has 4 nitrogen and oxygen atoms in total. The first kappa shape index (κ1) is 13.1. The second kappa shape index (κ2) is 5.25. The van der Waals surface area contributed by atoms with Gasteiger partial charge in [0, 0.05) is 23.7 Å². The molecule has 104 valence electrons. The number of nitrogens with one attached hydrogen (secondary N) is 1. The number of carbonyl (C=O) groups excluding carboxylic acids is 1. The Hall–Kier alpha value is -1.88. The Balaban J connectivity index is 1.92. The Morgan fingerprint density at radius 1 is 1.45 bits per heavy atom. The highest BCUT2D eigenvalue weighted by atomic mass is 32.1. The number of carbonyl (C=O) groups is 1. The molecule has 0 bridgehead atoms. The van der Waals surface area contributed by atoms with Gasteiger partial charge in [-0.25, -0.2) is 0 Å². The largest absolute Gasteiger partial charge is 0.331 e. The van der Waals surface area contributed by atoms with E-state index < -0.39 is 0 Å². The second-order valence-corrected chi connectivity index (χ2v) is 5.91. The lowest BCUT2D eigenvalue weighted by Crippen LogP contribution is -2.39. The zero-order valence-electron chi connectivity index (χ0n) is 11.3. The van der Waals surface area contributed by atoms with Crippen molar-refractivity contribution in [2.75, 3.05) is 6.54 Å². The molecule has 0 radical (unpaired) electrons. The maximum Gasteiger partial charge on any atom is 0.255 e. The third-order valence-electron chi connectivity index (χ3n) is 3.77. The molecule has 5 heteroatoms. The summed E-state index contributed by atoms with van der Waals surface area (Å²) in [4.78, 5) is 29.6. The van der Waals surface area contributed by atoms with Gasteiger partial charge in [0.2, 0.25) is 5.56 Å². The highest BCUT2D eigenvalue weighted by Gasteiger charge is 2.30. The van der Waals surface area contributed by atoms with Gasteiger partial charge >= 0.3 is 0 Å². The van der Waals surface area contributed by atoms with Crippen LogP contribution in [-0.2, 0) is 6.42 Å². The van der Waals surface area contributed by atoms with E-state index in [0.717, 1.165) is 19.4 Å². The minimum atomic E-state index is -0.188. The van der Waals surface area contributed by atoms with E-state index in [2.05, 4.69) is 23.4 Å². The maximum absolute atomic E-state index is 12.6. The molecule has 0 fully saturated rings. The van der Waals surface area contributed by atoms with Gasteiger partial charge in [-0.2, -0.15) is 0 Å². The molecule has 0 aliphatic carbocycles. The van der Waals surface area contributed by atoms with Crippen LogP contribution in [0, 0.1) is 0 Å². The van der Waals surface area contributed by atoms with E-state index >= 15 is 0 Å². The number of nitrogens with zero attached hydrogens (tertiary/aromatic N) is 1. The van der Waals surface area contributed by atoms with Gasteiger partial charge in [-0.1, -0.05) is 6.92 Å². The Morgan fingerprint density at radius 2 is 2.30 bits per heavy atom. The van der Waals surface area contributed by atoms with Crippen LogP contribution in [0.2, 0.25) is 0 Å². The van der Waals surface area contributed by atoms with Gasteiger partial charge in [-0.3, -0.25) is 9.59 Å². The third-order valence-corrected chi connectivity index (χ3v) is 4.77. The van der Waals surface area contributed by atoms with Crippen molar-refractivity contribution in [2.24, 2.45) is 0 Å². The number of fused-ring (bicyclic) bond motifs is 1. The summed E-state index contributed by atoms with van der Waals surface area (Å²) in [6, 6.07) is 5.26. The lowest BCUT2D eigenvalue weighted by Gasteiger charge is -2.35. The van der Waals surface area contributed by atoms with Crippen molar-refractivity contribution in [1.29, 1.82) is 0 Å². The van der Waals surface area contributed by atoms with Gasteiger partial charge in [0.1, 0.15) is 0 Å². The molecule has 3 heterocycles. The fraction of sp³-hybridized carbons (Fsp3) is 0.333. The second-order valence-electron chi connectivity index (χ2n) is 4.91. The van der Waals surface area contributed by atoms with Gasteiger partial charge < -0.3 is 9.88 Å². The van der Waals surface area contributed by atoms with E-state index in [9.17, 15) is 9.59 Å². The Labute approximate surface area is 121 Å². The summed E-state index contributed by atoms with van der Waals surface area (Å²) in [5.41, 5.74) is 1.63. The van der Waals surface area contributed by atoms with Crippen LogP contribution in [0.5, 0.6) is 0 Å². The van der Waals surface area contributed by atoms with Gasteiger partial charge in [0.15, 0.2) is 0 Å². The molecule has 1 aliphatic heterocycles. The summed E-state index contributed by atoms with van der Waals surface area (Å²) in [5, 5.41) is 2.10. The molecular formula is C15H16N2O2S. The van der Waals surface area contributed by atoms with Gasteiger partial charge in [-0.05, 0) is 35.9 Å². The van der Waals surface area contributed by atoms with Crippen molar-refractivity contribution in [2.45, 2.75) is 25.8 Å². The molecule has 20 heavy (non-hydrogen) atoms. The van der Waals surface area contributed by atoms with Crippen molar-refractivity contribution in [3.8, 4) is 0 Å². The molecule has 0 saturated heterocycles. The summed E-state index contributed by atoms with van der Waals surface area (Å²) in [7, 11) is 0. The molecule has 1 unspecified atom stereocenters. The van der Waals surface area contributed by atoms with E-state index in [-0.39, 0.29) is 17.5 Å². The topological polar surface area (TPSA) is 53.2 Å². The van der Waals surface area contributed by atoms with E-state index in [4.69, 9.17) is 0 Å². The molecule has 2 aromatic heterocycles. The Morgan fingerprint density at radius 3 is 3.00 bits per heavy atom. The molecule has 2 aromatic rings. The average Bonchev–Trinajstić information content (AvgIpc) is 2.94. The number of thiophene rings is 1. The van der Waals surface area contributed by atoms with Crippen molar-refractivity contribution < 1.29 is 4.79 Å². The zero-order chi connectivity index (χ0) is 14.1. The number of amides is 1. The van der Waals surface area contributed by atoms with Crippen molar-refractivity contribution >= 4 is 17.2 Å². The third kappa shape index (κ3) is 2.18. The van der Waals surface area contributed by atoms with E-state index in [1.807, 2.05) is 4.90 Å². The van der Waals surface area contributed by atoms with Crippen LogP contribution in [0.15, 0.2) is 34.6 Å². The van der Waals surface area contributed by atoms with Crippen LogP contribution in [0.3, 0.4) is 0 Å². The van der Waals surface area contributed by atoms with Crippen LogP contribution < -0.4 is 5.56 Å². The van der Waals surface area contributed by atoms with Crippen LogP contribution in [-0.4, -0.2) is 22.3 Å². The van der Waals surface area contributed by atoms with Gasteiger partial charge in [0.05, 0.1) is 11.6 Å². The monoisotopic (exact) mass is 288 g/mol. The number of rotatable bonds is 2. The van der Waals surface area contributed by atoms with E-state index in [0.29, 0.717) is 5.56 Å². The molecule has 3 rings (SSSR count). The van der Waals surface area contributed by atoms with Crippen molar-refractivity contribution in [3.63, 3.8) is 0 Å². The van der Waals surface area contributed by atoms with Crippen molar-refractivity contribution in [3.05, 3.63) is 56.1 Å². The number of aromatic nitrogens is 1. The minimum absolute atomic E-state index is 0.00931. The molecule has 1 amide bonds. The lowest BCUT2D eigenvalue weighted by atomic mass is 9.97. The van der Waals surface area contributed by atoms with E-state index in [1.54, 1.807) is 17.4 Å². The highest BCUT2D eigenvalue weighted by molar-refractivity contribution is 7.10. The first-order valence-electron chi connectivity index (χ1n) is 6.76. The Kier molecular flexibility index (Phi) is 3.44. The lowest BCUT2D eigenvalue weighted by molar-refractivity contribution is 0.0657. The predicted octanol–water partition coefficient (Wildman–Crippen LogP) is 2.59. The van der Waals surface area contributed by atoms with Crippen LogP contribution >= 0.6 is 11.3 Å². The molecule has 0 saturated carbocycles. The van der Waals surface area contributed by atoms with E-state index in [1.165, 1.54) is 22.7 Å². The SMILES string of the molecule is CCC1c2ccsc2CCN1C(=O)c1ccc(=O)[nH]c1. The smallest absolute Gasteiger partial charge is 0.255 e.